The number of piperidine rings is 1. The molecule has 1 heterocycles. The topological polar surface area (TPSA) is 21.3 Å². The lowest BCUT2D eigenvalue weighted by Gasteiger charge is -2.25. The zero-order valence-electron chi connectivity index (χ0n) is 10.9. The van der Waals surface area contributed by atoms with Gasteiger partial charge in [0.2, 0.25) is 0 Å². The molecule has 1 aromatic rings. The molecule has 2 atom stereocenters. The molecule has 3 heteroatoms. The molecule has 0 amide bonds. The number of hydrogen-bond acceptors (Lipinski definition) is 2. The Morgan fingerprint density at radius 3 is 2.94 bits per heavy atom. The van der Waals surface area contributed by atoms with Crippen LogP contribution in [0.2, 0.25) is 0 Å². The van der Waals surface area contributed by atoms with Gasteiger partial charge in [-0.1, -0.05) is 25.1 Å². The van der Waals surface area contributed by atoms with Crippen molar-refractivity contribution in [3.8, 4) is 5.75 Å². The van der Waals surface area contributed by atoms with Gasteiger partial charge in [-0.15, -0.1) is 0 Å². The van der Waals surface area contributed by atoms with Crippen LogP contribution in [0.5, 0.6) is 5.75 Å². The summed E-state index contributed by atoms with van der Waals surface area (Å²) < 4.78 is 18.4. The van der Waals surface area contributed by atoms with Crippen LogP contribution in [0.1, 0.15) is 25.3 Å². The van der Waals surface area contributed by atoms with Crippen LogP contribution in [0, 0.1) is 11.7 Å². The third-order valence-corrected chi connectivity index (χ3v) is 3.40. The Morgan fingerprint density at radius 1 is 1.44 bits per heavy atom. The first-order valence-electron chi connectivity index (χ1n) is 6.44. The molecular formula is C15H20FNO. The number of rotatable bonds is 3. The standard InChI is InChI=1S/C15H20FNO/c1-11-7-8-17-13(9-11)5-3-12-4-6-15(18-2)14(16)10-12/h3-6,10-11,13,17H,7-9H2,1-2H3/b5-3+. The lowest BCUT2D eigenvalue weighted by molar-refractivity contribution is 0.357. The van der Waals surface area contributed by atoms with Gasteiger partial charge in [0.15, 0.2) is 11.6 Å². The summed E-state index contributed by atoms with van der Waals surface area (Å²) >= 11 is 0. The summed E-state index contributed by atoms with van der Waals surface area (Å²) in [5.41, 5.74) is 0.869. The molecule has 2 nitrogen and oxygen atoms in total. The molecule has 0 saturated carbocycles. The summed E-state index contributed by atoms with van der Waals surface area (Å²) in [5, 5.41) is 3.45. The van der Waals surface area contributed by atoms with Crippen molar-refractivity contribution in [1.82, 2.24) is 5.32 Å². The van der Waals surface area contributed by atoms with E-state index in [0.29, 0.717) is 6.04 Å². The van der Waals surface area contributed by atoms with E-state index in [1.54, 1.807) is 6.07 Å². The fourth-order valence-electron chi connectivity index (χ4n) is 2.31. The van der Waals surface area contributed by atoms with E-state index in [-0.39, 0.29) is 11.6 Å². The molecule has 1 saturated heterocycles. The highest BCUT2D eigenvalue weighted by atomic mass is 19.1. The Labute approximate surface area is 108 Å². The van der Waals surface area contributed by atoms with Gasteiger partial charge in [0.1, 0.15) is 0 Å². The Balaban J connectivity index is 2.02. The second-order valence-electron chi connectivity index (χ2n) is 4.94. The quantitative estimate of drug-likeness (QED) is 0.888. The molecular weight excluding hydrogens is 229 g/mol. The minimum absolute atomic E-state index is 0.288. The number of hydrogen-bond donors (Lipinski definition) is 1. The lowest BCUT2D eigenvalue weighted by Crippen LogP contribution is -2.35. The van der Waals surface area contributed by atoms with Gasteiger partial charge >= 0.3 is 0 Å². The highest BCUT2D eigenvalue weighted by Crippen LogP contribution is 2.20. The zero-order chi connectivity index (χ0) is 13.0. The van der Waals surface area contributed by atoms with Gasteiger partial charge in [0.05, 0.1) is 7.11 Å². The van der Waals surface area contributed by atoms with Crippen LogP contribution in [0.4, 0.5) is 4.39 Å². The predicted molar refractivity (Wildman–Crippen MR) is 72.2 cm³/mol. The normalized spacial score (nSPS) is 24.4. The first kappa shape index (κ1) is 13.1. The van der Waals surface area contributed by atoms with Crippen LogP contribution in [-0.4, -0.2) is 19.7 Å². The van der Waals surface area contributed by atoms with Crippen LogP contribution in [0.25, 0.3) is 6.08 Å². The van der Waals surface area contributed by atoms with Crippen LogP contribution in [-0.2, 0) is 0 Å². The van der Waals surface area contributed by atoms with E-state index in [0.717, 1.165) is 24.4 Å². The maximum absolute atomic E-state index is 13.5. The van der Waals surface area contributed by atoms with Crippen LogP contribution in [0.3, 0.4) is 0 Å². The molecule has 1 aliphatic heterocycles. The van der Waals surface area contributed by atoms with Crippen molar-refractivity contribution in [2.24, 2.45) is 5.92 Å². The van der Waals surface area contributed by atoms with Gasteiger partial charge in [0, 0.05) is 6.04 Å². The van der Waals surface area contributed by atoms with E-state index >= 15 is 0 Å². The molecule has 1 fully saturated rings. The summed E-state index contributed by atoms with van der Waals surface area (Å²) in [6.07, 6.45) is 6.48. The largest absolute Gasteiger partial charge is 0.494 e. The van der Waals surface area contributed by atoms with Crippen molar-refractivity contribution in [3.63, 3.8) is 0 Å². The Hall–Kier alpha value is -1.35. The van der Waals surface area contributed by atoms with Gasteiger partial charge in [-0.3, -0.25) is 0 Å². The van der Waals surface area contributed by atoms with Gasteiger partial charge in [0.25, 0.3) is 0 Å². The molecule has 1 N–H and O–H groups in total. The Kier molecular flexibility index (Phi) is 4.37. The third kappa shape index (κ3) is 3.33. The summed E-state index contributed by atoms with van der Waals surface area (Å²) in [6, 6.07) is 5.43. The van der Waals surface area contributed by atoms with E-state index in [4.69, 9.17) is 4.74 Å². The monoisotopic (exact) mass is 249 g/mol. The first-order chi connectivity index (χ1) is 8.69. The third-order valence-electron chi connectivity index (χ3n) is 3.40. The van der Waals surface area contributed by atoms with E-state index in [1.807, 2.05) is 12.1 Å². The second kappa shape index (κ2) is 6.01. The Bertz CT molecular complexity index is 431. The summed E-state index contributed by atoms with van der Waals surface area (Å²) in [5.74, 6) is 0.731. The molecule has 0 aromatic heterocycles. The Morgan fingerprint density at radius 2 is 2.28 bits per heavy atom. The van der Waals surface area contributed by atoms with Crippen molar-refractivity contribution in [3.05, 3.63) is 35.7 Å². The second-order valence-corrected chi connectivity index (χ2v) is 4.94. The van der Waals surface area contributed by atoms with Gasteiger partial charge in [-0.25, -0.2) is 4.39 Å². The van der Waals surface area contributed by atoms with Crippen LogP contribution < -0.4 is 10.1 Å². The maximum Gasteiger partial charge on any atom is 0.165 e. The smallest absolute Gasteiger partial charge is 0.165 e. The molecule has 0 aliphatic carbocycles. The zero-order valence-corrected chi connectivity index (χ0v) is 10.9. The number of halogens is 1. The van der Waals surface area contributed by atoms with Crippen molar-refractivity contribution in [2.45, 2.75) is 25.8 Å². The summed E-state index contributed by atoms with van der Waals surface area (Å²) in [6.45, 7) is 3.34. The fraction of sp³-hybridized carbons (Fsp3) is 0.467. The number of nitrogens with one attached hydrogen (secondary N) is 1. The van der Waals surface area contributed by atoms with E-state index < -0.39 is 0 Å². The van der Waals surface area contributed by atoms with Crippen molar-refractivity contribution in [2.75, 3.05) is 13.7 Å². The lowest BCUT2D eigenvalue weighted by atomic mass is 9.94. The van der Waals surface area contributed by atoms with E-state index in [1.165, 1.54) is 19.6 Å². The van der Waals surface area contributed by atoms with Crippen molar-refractivity contribution >= 4 is 6.08 Å². The number of ether oxygens (including phenoxy) is 1. The van der Waals surface area contributed by atoms with Gasteiger partial charge in [-0.2, -0.15) is 0 Å². The maximum atomic E-state index is 13.5. The first-order valence-corrected chi connectivity index (χ1v) is 6.44. The number of benzene rings is 1. The van der Waals surface area contributed by atoms with Crippen LogP contribution in [0.15, 0.2) is 24.3 Å². The summed E-state index contributed by atoms with van der Waals surface area (Å²) in [4.78, 5) is 0. The van der Waals surface area contributed by atoms with E-state index in [9.17, 15) is 4.39 Å². The highest BCUT2D eigenvalue weighted by molar-refractivity contribution is 5.51. The molecule has 1 aliphatic rings. The van der Waals surface area contributed by atoms with E-state index in [2.05, 4.69) is 18.3 Å². The predicted octanol–water partition coefficient (Wildman–Crippen LogP) is 3.24. The van der Waals surface area contributed by atoms with Gasteiger partial charge < -0.3 is 10.1 Å². The molecule has 1 aromatic carbocycles. The number of methoxy groups -OCH3 is 1. The SMILES string of the molecule is COc1ccc(/C=C/C2CC(C)CCN2)cc1F. The van der Waals surface area contributed by atoms with Crippen molar-refractivity contribution in [1.29, 1.82) is 0 Å². The fourth-order valence-corrected chi connectivity index (χ4v) is 2.31. The minimum atomic E-state index is -0.315. The molecule has 2 rings (SSSR count). The minimum Gasteiger partial charge on any atom is -0.494 e. The summed E-state index contributed by atoms with van der Waals surface area (Å²) in [7, 11) is 1.47. The van der Waals surface area contributed by atoms with Crippen molar-refractivity contribution < 1.29 is 9.13 Å². The molecule has 0 bridgehead atoms. The molecule has 0 spiro atoms. The molecule has 2 unspecified atom stereocenters. The average Bonchev–Trinajstić information content (AvgIpc) is 2.37. The van der Waals surface area contributed by atoms with Gasteiger partial charge in [-0.05, 0) is 43.0 Å². The van der Waals surface area contributed by atoms with Crippen LogP contribution >= 0.6 is 0 Å². The average molecular weight is 249 g/mol. The highest BCUT2D eigenvalue weighted by Gasteiger charge is 2.15. The molecule has 18 heavy (non-hydrogen) atoms. The molecule has 98 valence electrons. The molecule has 0 radical (unpaired) electrons.